The SMILES string of the molecule is Cc1ccccc1CC(=O)Nc1c(-c2ccncc2)c(-c2ccc(F)cc2)nn1C. The summed E-state index contributed by atoms with van der Waals surface area (Å²) in [6, 6.07) is 17.7. The molecule has 0 aliphatic heterocycles. The first-order valence-corrected chi connectivity index (χ1v) is 9.60. The molecule has 0 fully saturated rings. The fourth-order valence-corrected chi connectivity index (χ4v) is 3.43. The van der Waals surface area contributed by atoms with Crippen molar-refractivity contribution in [2.45, 2.75) is 13.3 Å². The minimum Gasteiger partial charge on any atom is -0.310 e. The summed E-state index contributed by atoms with van der Waals surface area (Å²) in [7, 11) is 1.78. The number of hydrogen-bond donors (Lipinski definition) is 1. The Morgan fingerprint density at radius 3 is 2.40 bits per heavy atom. The average Bonchev–Trinajstić information content (AvgIpc) is 3.07. The molecule has 4 rings (SSSR count). The van der Waals surface area contributed by atoms with Gasteiger partial charge in [-0.1, -0.05) is 24.3 Å². The lowest BCUT2D eigenvalue weighted by Gasteiger charge is -2.11. The van der Waals surface area contributed by atoms with E-state index in [9.17, 15) is 9.18 Å². The van der Waals surface area contributed by atoms with Crippen LogP contribution in [0.3, 0.4) is 0 Å². The zero-order valence-electron chi connectivity index (χ0n) is 16.8. The number of nitrogens with zero attached hydrogens (tertiary/aromatic N) is 3. The normalized spacial score (nSPS) is 10.8. The van der Waals surface area contributed by atoms with E-state index in [2.05, 4.69) is 15.4 Å². The number of halogens is 1. The lowest BCUT2D eigenvalue weighted by atomic mass is 10.0. The molecule has 2 aromatic heterocycles. The number of aryl methyl sites for hydroxylation is 2. The van der Waals surface area contributed by atoms with E-state index < -0.39 is 0 Å². The first-order chi connectivity index (χ1) is 14.5. The van der Waals surface area contributed by atoms with Crippen LogP contribution in [-0.2, 0) is 18.3 Å². The molecule has 0 aliphatic rings. The minimum atomic E-state index is -0.313. The molecule has 5 nitrogen and oxygen atoms in total. The van der Waals surface area contributed by atoms with Crippen molar-refractivity contribution >= 4 is 11.7 Å². The topological polar surface area (TPSA) is 59.8 Å². The van der Waals surface area contributed by atoms with Crippen LogP contribution in [0.2, 0.25) is 0 Å². The lowest BCUT2D eigenvalue weighted by Crippen LogP contribution is -2.17. The Morgan fingerprint density at radius 1 is 1.00 bits per heavy atom. The Kier molecular flexibility index (Phi) is 5.39. The van der Waals surface area contributed by atoms with E-state index in [0.717, 1.165) is 27.8 Å². The predicted octanol–water partition coefficient (Wildman–Crippen LogP) is 4.78. The summed E-state index contributed by atoms with van der Waals surface area (Å²) in [6.45, 7) is 1.99. The molecule has 0 radical (unpaired) electrons. The summed E-state index contributed by atoms with van der Waals surface area (Å²) in [5.41, 5.74) is 5.10. The second-order valence-electron chi connectivity index (χ2n) is 7.09. The number of carbonyl (C=O) groups is 1. The van der Waals surface area contributed by atoms with Crippen LogP contribution in [0.1, 0.15) is 11.1 Å². The maximum atomic E-state index is 13.4. The molecule has 0 saturated heterocycles. The number of aromatic nitrogens is 3. The smallest absolute Gasteiger partial charge is 0.229 e. The summed E-state index contributed by atoms with van der Waals surface area (Å²) in [6.07, 6.45) is 3.64. The van der Waals surface area contributed by atoms with Crippen LogP contribution in [0.5, 0.6) is 0 Å². The van der Waals surface area contributed by atoms with Gasteiger partial charge in [0.25, 0.3) is 0 Å². The van der Waals surface area contributed by atoms with E-state index in [1.807, 2.05) is 43.3 Å². The van der Waals surface area contributed by atoms with Crippen molar-refractivity contribution in [1.82, 2.24) is 14.8 Å². The van der Waals surface area contributed by atoms with Crippen LogP contribution in [0, 0.1) is 12.7 Å². The van der Waals surface area contributed by atoms with Crippen LogP contribution in [0.25, 0.3) is 22.4 Å². The number of pyridine rings is 1. The highest BCUT2D eigenvalue weighted by atomic mass is 19.1. The second-order valence-corrected chi connectivity index (χ2v) is 7.09. The zero-order valence-corrected chi connectivity index (χ0v) is 16.8. The fraction of sp³-hybridized carbons (Fsp3) is 0.125. The summed E-state index contributed by atoms with van der Waals surface area (Å²) in [5.74, 6) is 0.138. The van der Waals surface area contributed by atoms with Gasteiger partial charge in [0.15, 0.2) is 0 Å². The summed E-state index contributed by atoms with van der Waals surface area (Å²) in [4.78, 5) is 16.9. The van der Waals surface area contributed by atoms with E-state index in [0.29, 0.717) is 11.5 Å². The third-order valence-corrected chi connectivity index (χ3v) is 5.00. The molecule has 4 aromatic rings. The van der Waals surface area contributed by atoms with E-state index in [1.165, 1.54) is 12.1 Å². The number of rotatable bonds is 5. The molecule has 0 atom stereocenters. The molecule has 2 aromatic carbocycles. The molecule has 6 heteroatoms. The monoisotopic (exact) mass is 400 g/mol. The van der Waals surface area contributed by atoms with Gasteiger partial charge in [-0.15, -0.1) is 0 Å². The first kappa shape index (κ1) is 19.5. The number of anilines is 1. The summed E-state index contributed by atoms with van der Waals surface area (Å²) < 4.78 is 15.1. The van der Waals surface area contributed by atoms with Crippen LogP contribution < -0.4 is 5.32 Å². The highest BCUT2D eigenvalue weighted by Gasteiger charge is 2.21. The van der Waals surface area contributed by atoms with Crippen molar-refractivity contribution in [3.05, 3.63) is 90.0 Å². The first-order valence-electron chi connectivity index (χ1n) is 9.60. The number of nitrogens with one attached hydrogen (secondary N) is 1. The standard InChI is InChI=1S/C24H21FN4O/c1-16-5-3-4-6-19(16)15-21(30)27-24-22(17-11-13-26-14-12-17)23(28-29(24)2)18-7-9-20(25)10-8-18/h3-14H,15H2,1-2H3,(H,27,30). The van der Waals surface area contributed by atoms with Crippen molar-refractivity contribution in [3.8, 4) is 22.4 Å². The van der Waals surface area contributed by atoms with E-state index in [1.54, 1.807) is 36.3 Å². The van der Waals surface area contributed by atoms with Gasteiger partial charge >= 0.3 is 0 Å². The van der Waals surface area contributed by atoms with Gasteiger partial charge in [-0.3, -0.25) is 14.5 Å². The highest BCUT2D eigenvalue weighted by Crippen LogP contribution is 2.37. The Hall–Kier alpha value is -3.80. The highest BCUT2D eigenvalue weighted by molar-refractivity contribution is 5.99. The fourth-order valence-electron chi connectivity index (χ4n) is 3.43. The van der Waals surface area contributed by atoms with E-state index in [-0.39, 0.29) is 18.1 Å². The van der Waals surface area contributed by atoms with Gasteiger partial charge in [0.1, 0.15) is 17.3 Å². The van der Waals surface area contributed by atoms with Gasteiger partial charge in [0.2, 0.25) is 5.91 Å². The second kappa shape index (κ2) is 8.29. The van der Waals surface area contributed by atoms with Crippen molar-refractivity contribution in [2.75, 3.05) is 5.32 Å². The molecule has 1 amide bonds. The van der Waals surface area contributed by atoms with Gasteiger partial charge in [0.05, 0.1) is 12.0 Å². The molecule has 0 saturated carbocycles. The Bertz CT molecular complexity index is 1180. The molecule has 2 heterocycles. The number of carbonyl (C=O) groups excluding carboxylic acids is 1. The molecular weight excluding hydrogens is 379 g/mol. The zero-order chi connectivity index (χ0) is 21.1. The Morgan fingerprint density at radius 2 is 1.70 bits per heavy atom. The largest absolute Gasteiger partial charge is 0.310 e. The molecule has 0 spiro atoms. The molecule has 0 aliphatic carbocycles. The summed E-state index contributed by atoms with van der Waals surface area (Å²) in [5, 5.41) is 7.65. The third-order valence-electron chi connectivity index (χ3n) is 5.00. The van der Waals surface area contributed by atoms with Crippen molar-refractivity contribution in [2.24, 2.45) is 7.05 Å². The van der Waals surface area contributed by atoms with Crippen LogP contribution >= 0.6 is 0 Å². The average molecular weight is 400 g/mol. The summed E-state index contributed by atoms with van der Waals surface area (Å²) >= 11 is 0. The van der Waals surface area contributed by atoms with Gasteiger partial charge in [-0.05, 0) is 60.0 Å². The number of amides is 1. The Labute approximate surface area is 174 Å². The predicted molar refractivity (Wildman–Crippen MR) is 115 cm³/mol. The molecule has 150 valence electrons. The number of benzene rings is 2. The maximum absolute atomic E-state index is 13.4. The van der Waals surface area contributed by atoms with E-state index >= 15 is 0 Å². The number of hydrogen-bond acceptors (Lipinski definition) is 3. The molecule has 0 bridgehead atoms. The van der Waals surface area contributed by atoms with Gasteiger partial charge in [-0.2, -0.15) is 5.10 Å². The molecule has 0 unspecified atom stereocenters. The van der Waals surface area contributed by atoms with E-state index in [4.69, 9.17) is 0 Å². The van der Waals surface area contributed by atoms with Gasteiger partial charge in [-0.25, -0.2) is 4.39 Å². The maximum Gasteiger partial charge on any atom is 0.229 e. The quantitative estimate of drug-likeness (QED) is 0.525. The van der Waals surface area contributed by atoms with Crippen molar-refractivity contribution in [3.63, 3.8) is 0 Å². The third kappa shape index (κ3) is 3.98. The van der Waals surface area contributed by atoms with Gasteiger partial charge in [0, 0.05) is 25.0 Å². The lowest BCUT2D eigenvalue weighted by molar-refractivity contribution is -0.115. The van der Waals surface area contributed by atoms with Crippen LogP contribution in [0.4, 0.5) is 10.2 Å². The Balaban J connectivity index is 1.75. The van der Waals surface area contributed by atoms with Crippen LogP contribution in [0.15, 0.2) is 73.1 Å². The molecule has 1 N–H and O–H groups in total. The minimum absolute atomic E-state index is 0.131. The molecular formula is C24H21FN4O. The van der Waals surface area contributed by atoms with Gasteiger partial charge < -0.3 is 5.32 Å². The van der Waals surface area contributed by atoms with Crippen molar-refractivity contribution in [1.29, 1.82) is 0 Å². The van der Waals surface area contributed by atoms with Crippen LogP contribution in [-0.4, -0.2) is 20.7 Å². The van der Waals surface area contributed by atoms with Crippen molar-refractivity contribution < 1.29 is 9.18 Å². The molecule has 30 heavy (non-hydrogen) atoms.